The van der Waals surface area contributed by atoms with Crippen molar-refractivity contribution < 1.29 is 27.8 Å². The Morgan fingerprint density at radius 3 is 2.57 bits per heavy atom. The summed E-state index contributed by atoms with van der Waals surface area (Å²) in [5, 5.41) is 8.83. The number of nitrogens with zero attached hydrogens (tertiary/aromatic N) is 1. The smallest absolute Gasteiger partial charge is 0.401 e. The minimum Gasteiger partial charge on any atom is -0.492 e. The van der Waals surface area contributed by atoms with Gasteiger partial charge in [0, 0.05) is 12.6 Å². The second kappa shape index (κ2) is 7.31. The molecule has 0 aliphatic heterocycles. The van der Waals surface area contributed by atoms with E-state index in [-0.39, 0.29) is 24.8 Å². The molecular weight excluding hydrogens is 287 g/mol. The van der Waals surface area contributed by atoms with Crippen LogP contribution in [0.25, 0.3) is 0 Å². The van der Waals surface area contributed by atoms with E-state index in [1.807, 2.05) is 0 Å². The van der Waals surface area contributed by atoms with Gasteiger partial charge in [0.2, 0.25) is 0 Å². The molecule has 0 spiro atoms. The van der Waals surface area contributed by atoms with Crippen LogP contribution in [-0.2, 0) is 0 Å². The van der Waals surface area contributed by atoms with Crippen molar-refractivity contribution in [3.8, 4) is 5.75 Å². The second-order valence-electron chi connectivity index (χ2n) is 4.86. The van der Waals surface area contributed by atoms with Crippen molar-refractivity contribution in [1.29, 1.82) is 0 Å². The summed E-state index contributed by atoms with van der Waals surface area (Å²) in [5.74, 6) is -0.757. The molecule has 0 aliphatic rings. The first-order chi connectivity index (χ1) is 9.69. The van der Waals surface area contributed by atoms with Gasteiger partial charge in [-0.05, 0) is 32.0 Å². The number of aromatic carboxylic acids is 1. The Balaban J connectivity index is 2.54. The molecule has 0 bridgehead atoms. The molecule has 1 aromatic rings. The normalized spacial score (nSPS) is 12.0. The van der Waals surface area contributed by atoms with E-state index >= 15 is 0 Å². The largest absolute Gasteiger partial charge is 0.492 e. The molecule has 1 rings (SSSR count). The molecule has 0 saturated heterocycles. The van der Waals surface area contributed by atoms with E-state index in [1.165, 1.54) is 23.1 Å². The highest BCUT2D eigenvalue weighted by molar-refractivity contribution is 5.87. The van der Waals surface area contributed by atoms with Gasteiger partial charge in [-0.2, -0.15) is 13.2 Å². The van der Waals surface area contributed by atoms with Crippen LogP contribution in [0.5, 0.6) is 5.75 Å². The Hall–Kier alpha value is -1.76. The molecule has 0 aliphatic carbocycles. The number of carboxylic acids is 1. The zero-order chi connectivity index (χ0) is 16.0. The summed E-state index contributed by atoms with van der Waals surface area (Å²) in [6.07, 6.45) is -4.26. The van der Waals surface area contributed by atoms with Crippen LogP contribution in [0, 0.1) is 0 Å². The lowest BCUT2D eigenvalue weighted by atomic mass is 10.2. The van der Waals surface area contributed by atoms with Gasteiger partial charge in [0.05, 0.1) is 12.1 Å². The van der Waals surface area contributed by atoms with Crippen LogP contribution >= 0.6 is 0 Å². The maximum absolute atomic E-state index is 12.4. The van der Waals surface area contributed by atoms with Crippen molar-refractivity contribution in [3.05, 3.63) is 29.8 Å². The molecule has 0 amide bonds. The third-order valence-corrected chi connectivity index (χ3v) is 2.84. The highest BCUT2D eigenvalue weighted by Gasteiger charge is 2.31. The van der Waals surface area contributed by atoms with Crippen molar-refractivity contribution in [2.45, 2.75) is 26.1 Å². The summed E-state index contributed by atoms with van der Waals surface area (Å²) in [5.41, 5.74) is 0.0727. The first-order valence-electron chi connectivity index (χ1n) is 6.46. The van der Waals surface area contributed by atoms with Crippen LogP contribution in [0.1, 0.15) is 24.2 Å². The SMILES string of the molecule is CC(C)N(CCOc1cccc(C(=O)O)c1)CC(F)(F)F. The van der Waals surface area contributed by atoms with Crippen molar-refractivity contribution in [2.75, 3.05) is 19.7 Å². The Labute approximate surface area is 121 Å². The average molecular weight is 305 g/mol. The fourth-order valence-corrected chi connectivity index (χ4v) is 1.75. The van der Waals surface area contributed by atoms with Gasteiger partial charge in [-0.3, -0.25) is 4.90 Å². The summed E-state index contributed by atoms with van der Waals surface area (Å²) in [4.78, 5) is 12.0. The van der Waals surface area contributed by atoms with Crippen LogP contribution in [0.3, 0.4) is 0 Å². The molecule has 0 saturated carbocycles. The molecule has 0 unspecified atom stereocenters. The van der Waals surface area contributed by atoms with Gasteiger partial charge in [-0.25, -0.2) is 4.79 Å². The van der Waals surface area contributed by atoms with E-state index in [1.54, 1.807) is 19.9 Å². The van der Waals surface area contributed by atoms with E-state index in [0.717, 1.165) is 0 Å². The molecule has 1 aromatic carbocycles. The molecule has 4 nitrogen and oxygen atoms in total. The van der Waals surface area contributed by atoms with Crippen molar-refractivity contribution in [3.63, 3.8) is 0 Å². The molecule has 0 atom stereocenters. The van der Waals surface area contributed by atoms with Gasteiger partial charge in [-0.15, -0.1) is 0 Å². The van der Waals surface area contributed by atoms with Crippen molar-refractivity contribution in [2.24, 2.45) is 0 Å². The van der Waals surface area contributed by atoms with Gasteiger partial charge in [0.15, 0.2) is 0 Å². The standard InChI is InChI=1S/C14H18F3NO3/c1-10(2)18(9-14(15,16)17)6-7-21-12-5-3-4-11(8-12)13(19)20/h3-5,8,10H,6-7,9H2,1-2H3,(H,19,20). The topological polar surface area (TPSA) is 49.8 Å². The summed E-state index contributed by atoms with van der Waals surface area (Å²) in [6, 6.07) is 5.58. The summed E-state index contributed by atoms with van der Waals surface area (Å²) >= 11 is 0. The molecule has 118 valence electrons. The summed E-state index contributed by atoms with van der Waals surface area (Å²) in [6.45, 7) is 2.52. The van der Waals surface area contributed by atoms with Crippen LogP contribution in [0.4, 0.5) is 13.2 Å². The number of benzene rings is 1. The summed E-state index contributed by atoms with van der Waals surface area (Å²) in [7, 11) is 0. The van der Waals surface area contributed by atoms with Crippen LogP contribution < -0.4 is 4.74 Å². The lowest BCUT2D eigenvalue weighted by molar-refractivity contribution is -0.150. The average Bonchev–Trinajstić information content (AvgIpc) is 2.36. The number of halogens is 3. The minimum absolute atomic E-state index is 0.0529. The van der Waals surface area contributed by atoms with Gasteiger partial charge in [0.25, 0.3) is 0 Å². The van der Waals surface area contributed by atoms with E-state index in [9.17, 15) is 18.0 Å². The lowest BCUT2D eigenvalue weighted by Crippen LogP contribution is -2.41. The molecular formula is C14H18F3NO3. The quantitative estimate of drug-likeness (QED) is 0.841. The minimum atomic E-state index is -4.26. The highest BCUT2D eigenvalue weighted by Crippen LogP contribution is 2.18. The molecule has 0 fully saturated rings. The molecule has 7 heteroatoms. The molecule has 0 heterocycles. The molecule has 1 N–H and O–H groups in total. The van der Waals surface area contributed by atoms with Gasteiger partial charge in [-0.1, -0.05) is 6.07 Å². The Morgan fingerprint density at radius 1 is 1.38 bits per heavy atom. The third-order valence-electron chi connectivity index (χ3n) is 2.84. The maximum Gasteiger partial charge on any atom is 0.401 e. The Bertz CT molecular complexity index is 475. The van der Waals surface area contributed by atoms with E-state index < -0.39 is 18.7 Å². The number of hydrogen-bond acceptors (Lipinski definition) is 3. The number of carbonyl (C=O) groups is 1. The van der Waals surface area contributed by atoms with E-state index in [2.05, 4.69) is 0 Å². The Morgan fingerprint density at radius 2 is 2.05 bits per heavy atom. The number of hydrogen-bond donors (Lipinski definition) is 1. The Kier molecular flexibility index (Phi) is 6.02. The fraction of sp³-hybridized carbons (Fsp3) is 0.500. The number of alkyl halides is 3. The maximum atomic E-state index is 12.4. The van der Waals surface area contributed by atoms with Crippen molar-refractivity contribution >= 4 is 5.97 Å². The van der Waals surface area contributed by atoms with Crippen LogP contribution in [-0.4, -0.2) is 47.9 Å². The fourth-order valence-electron chi connectivity index (χ4n) is 1.75. The second-order valence-corrected chi connectivity index (χ2v) is 4.86. The van der Waals surface area contributed by atoms with E-state index in [0.29, 0.717) is 5.75 Å². The highest BCUT2D eigenvalue weighted by atomic mass is 19.4. The zero-order valence-corrected chi connectivity index (χ0v) is 11.9. The van der Waals surface area contributed by atoms with Gasteiger partial charge in [0.1, 0.15) is 12.4 Å². The van der Waals surface area contributed by atoms with Gasteiger partial charge >= 0.3 is 12.1 Å². The third kappa shape index (κ3) is 6.48. The number of rotatable bonds is 7. The number of carboxylic acid groups (broad SMARTS) is 1. The van der Waals surface area contributed by atoms with Crippen molar-refractivity contribution in [1.82, 2.24) is 4.90 Å². The number of ether oxygens (including phenoxy) is 1. The predicted molar refractivity (Wildman–Crippen MR) is 71.7 cm³/mol. The van der Waals surface area contributed by atoms with Crippen LogP contribution in [0.15, 0.2) is 24.3 Å². The molecule has 0 aromatic heterocycles. The lowest BCUT2D eigenvalue weighted by Gasteiger charge is -2.27. The molecule has 0 radical (unpaired) electrons. The van der Waals surface area contributed by atoms with E-state index in [4.69, 9.17) is 9.84 Å². The molecule has 21 heavy (non-hydrogen) atoms. The first kappa shape index (κ1) is 17.3. The first-order valence-corrected chi connectivity index (χ1v) is 6.46. The summed E-state index contributed by atoms with van der Waals surface area (Å²) < 4.78 is 42.6. The van der Waals surface area contributed by atoms with Crippen LogP contribution in [0.2, 0.25) is 0 Å². The monoisotopic (exact) mass is 305 g/mol. The predicted octanol–water partition coefficient (Wildman–Crippen LogP) is 3.04. The zero-order valence-electron chi connectivity index (χ0n) is 11.9. The van der Waals surface area contributed by atoms with Gasteiger partial charge < -0.3 is 9.84 Å².